The molecule has 1 unspecified atom stereocenters. The minimum atomic E-state index is -1.91. The van der Waals surface area contributed by atoms with Crippen molar-refractivity contribution in [1.82, 2.24) is 0 Å². The van der Waals surface area contributed by atoms with Crippen LogP contribution >= 0.6 is 0 Å². The molecule has 0 amide bonds. The maximum absolute atomic E-state index is 13.3. The van der Waals surface area contributed by atoms with Crippen molar-refractivity contribution in [3.05, 3.63) is 0 Å². The number of hydrogen-bond donors (Lipinski definition) is 0. The Bertz CT molecular complexity index is 199. The molecule has 0 aromatic carbocycles. The number of hydrogen-bond acceptors (Lipinski definition) is 3. The Kier molecular flexibility index (Phi) is 4.59. The second-order valence-electron chi connectivity index (χ2n) is 2.96. The molecule has 0 spiro atoms. The van der Waals surface area contributed by atoms with E-state index in [0.717, 1.165) is 0 Å². The van der Waals surface area contributed by atoms with Crippen molar-refractivity contribution >= 4 is 11.8 Å². The van der Waals surface area contributed by atoms with E-state index < -0.39 is 23.8 Å². The summed E-state index contributed by atoms with van der Waals surface area (Å²) in [6.07, 6.45) is -0.403. The minimum Gasteiger partial charge on any atom is -0.466 e. The number of carbonyl (C=O) groups excluding carboxylic acids is 2. The maximum atomic E-state index is 13.3. The highest BCUT2D eigenvalue weighted by molar-refractivity contribution is 5.99. The zero-order chi connectivity index (χ0) is 10.5. The van der Waals surface area contributed by atoms with Crippen LogP contribution in [0.1, 0.15) is 33.6 Å². The minimum absolute atomic E-state index is 0.0746. The van der Waals surface area contributed by atoms with E-state index in [4.69, 9.17) is 0 Å². The lowest BCUT2D eigenvalue weighted by atomic mass is 9.98. The molecule has 1 atom stereocenters. The molecular formula is C9H15FO3. The summed E-state index contributed by atoms with van der Waals surface area (Å²) >= 11 is 0. The molecule has 0 aromatic heterocycles. The standard InChI is InChI=1S/C9H15FO3/c1-4-9(3,10)7(11)6-8(12)13-5-2/h4-6H2,1-3H3. The molecule has 3 nitrogen and oxygen atoms in total. The lowest BCUT2D eigenvalue weighted by molar-refractivity contribution is -0.148. The highest BCUT2D eigenvalue weighted by atomic mass is 19.1. The number of carbonyl (C=O) groups is 2. The van der Waals surface area contributed by atoms with Crippen LogP contribution in [0, 0.1) is 0 Å². The third kappa shape index (κ3) is 4.01. The van der Waals surface area contributed by atoms with Crippen LogP contribution in [0.25, 0.3) is 0 Å². The average Bonchev–Trinajstić information content (AvgIpc) is 2.04. The van der Waals surface area contributed by atoms with Gasteiger partial charge < -0.3 is 4.74 Å². The number of rotatable bonds is 5. The molecule has 0 rings (SSSR count). The van der Waals surface area contributed by atoms with Gasteiger partial charge in [0.15, 0.2) is 11.5 Å². The Balaban J connectivity index is 4.07. The van der Waals surface area contributed by atoms with E-state index in [0.29, 0.717) is 0 Å². The van der Waals surface area contributed by atoms with Crippen molar-refractivity contribution in [3.8, 4) is 0 Å². The third-order valence-corrected chi connectivity index (χ3v) is 1.86. The molecule has 76 valence electrons. The van der Waals surface area contributed by atoms with Crippen LogP contribution in [0.3, 0.4) is 0 Å². The van der Waals surface area contributed by atoms with E-state index >= 15 is 0 Å². The van der Waals surface area contributed by atoms with Gasteiger partial charge in [-0.2, -0.15) is 0 Å². The van der Waals surface area contributed by atoms with Crippen LogP contribution in [0.4, 0.5) is 4.39 Å². The highest BCUT2D eigenvalue weighted by Crippen LogP contribution is 2.17. The number of alkyl halides is 1. The normalized spacial score (nSPS) is 14.8. The number of halogens is 1. The Morgan fingerprint density at radius 1 is 1.38 bits per heavy atom. The van der Waals surface area contributed by atoms with Gasteiger partial charge in [0, 0.05) is 0 Å². The molecule has 0 bridgehead atoms. The zero-order valence-corrected chi connectivity index (χ0v) is 8.22. The first-order valence-electron chi connectivity index (χ1n) is 4.31. The fourth-order valence-electron chi connectivity index (χ4n) is 0.725. The Morgan fingerprint density at radius 2 is 1.92 bits per heavy atom. The van der Waals surface area contributed by atoms with Gasteiger partial charge in [-0.05, 0) is 20.3 Å². The first kappa shape index (κ1) is 12.1. The molecule has 0 saturated carbocycles. The molecule has 0 radical (unpaired) electrons. The summed E-state index contributed by atoms with van der Waals surface area (Å²) in [5, 5.41) is 0. The van der Waals surface area contributed by atoms with Crippen molar-refractivity contribution in [2.24, 2.45) is 0 Å². The number of esters is 1. The van der Waals surface area contributed by atoms with Crippen molar-refractivity contribution in [1.29, 1.82) is 0 Å². The lowest BCUT2D eigenvalue weighted by Gasteiger charge is -2.15. The number of Topliss-reactive ketones (excluding diaryl/α,β-unsaturated/α-hetero) is 1. The first-order chi connectivity index (χ1) is 5.94. The van der Waals surface area contributed by atoms with Gasteiger partial charge in [-0.1, -0.05) is 6.92 Å². The Labute approximate surface area is 77.3 Å². The summed E-state index contributed by atoms with van der Waals surface area (Å²) in [5.41, 5.74) is -1.91. The van der Waals surface area contributed by atoms with Gasteiger partial charge in [0.25, 0.3) is 0 Å². The van der Waals surface area contributed by atoms with Gasteiger partial charge in [0.2, 0.25) is 0 Å². The van der Waals surface area contributed by atoms with E-state index in [1.165, 1.54) is 6.92 Å². The van der Waals surface area contributed by atoms with Crippen LogP contribution in [0.2, 0.25) is 0 Å². The largest absolute Gasteiger partial charge is 0.466 e. The van der Waals surface area contributed by atoms with Crippen LogP contribution < -0.4 is 0 Å². The summed E-state index contributed by atoms with van der Waals surface area (Å²) in [6, 6.07) is 0. The van der Waals surface area contributed by atoms with E-state index in [9.17, 15) is 14.0 Å². The summed E-state index contributed by atoms with van der Waals surface area (Å²) in [4.78, 5) is 21.9. The molecule has 0 heterocycles. The van der Waals surface area contributed by atoms with Gasteiger partial charge in [0.05, 0.1) is 6.61 Å². The summed E-state index contributed by atoms with van der Waals surface area (Å²) in [5.74, 6) is -1.38. The molecule has 0 saturated heterocycles. The van der Waals surface area contributed by atoms with Crippen molar-refractivity contribution in [3.63, 3.8) is 0 Å². The third-order valence-electron chi connectivity index (χ3n) is 1.86. The Morgan fingerprint density at radius 3 is 2.31 bits per heavy atom. The summed E-state index contributed by atoms with van der Waals surface area (Å²) in [6.45, 7) is 4.58. The topological polar surface area (TPSA) is 43.4 Å². The SMILES string of the molecule is CCOC(=O)CC(=O)C(C)(F)CC. The van der Waals surface area contributed by atoms with E-state index in [-0.39, 0.29) is 13.0 Å². The first-order valence-corrected chi connectivity index (χ1v) is 4.31. The lowest BCUT2D eigenvalue weighted by Crippen LogP contribution is -2.31. The van der Waals surface area contributed by atoms with Gasteiger partial charge in [-0.3, -0.25) is 9.59 Å². The number of ether oxygens (including phenoxy) is 1. The maximum Gasteiger partial charge on any atom is 0.313 e. The highest BCUT2D eigenvalue weighted by Gasteiger charge is 2.32. The molecule has 4 heteroatoms. The molecule has 0 aliphatic carbocycles. The number of ketones is 1. The van der Waals surface area contributed by atoms with Crippen LogP contribution in [0.15, 0.2) is 0 Å². The molecule has 0 N–H and O–H groups in total. The van der Waals surface area contributed by atoms with Gasteiger partial charge in [-0.15, -0.1) is 0 Å². The van der Waals surface area contributed by atoms with Gasteiger partial charge in [0.1, 0.15) is 6.42 Å². The van der Waals surface area contributed by atoms with Gasteiger partial charge >= 0.3 is 5.97 Å². The average molecular weight is 190 g/mol. The second kappa shape index (κ2) is 4.94. The molecule has 0 aromatic rings. The molecule has 0 fully saturated rings. The summed E-state index contributed by atoms with van der Waals surface area (Å²) in [7, 11) is 0. The fourth-order valence-corrected chi connectivity index (χ4v) is 0.725. The van der Waals surface area contributed by atoms with E-state index in [1.807, 2.05) is 0 Å². The van der Waals surface area contributed by atoms with Crippen LogP contribution in [-0.2, 0) is 14.3 Å². The predicted molar refractivity (Wildman–Crippen MR) is 46.1 cm³/mol. The predicted octanol–water partition coefficient (Wildman–Crippen LogP) is 1.65. The molecule has 13 heavy (non-hydrogen) atoms. The zero-order valence-electron chi connectivity index (χ0n) is 8.22. The van der Waals surface area contributed by atoms with E-state index in [2.05, 4.69) is 4.74 Å². The van der Waals surface area contributed by atoms with Crippen molar-refractivity contribution < 1.29 is 18.7 Å². The fraction of sp³-hybridized carbons (Fsp3) is 0.778. The molecule has 0 aliphatic heterocycles. The monoisotopic (exact) mass is 190 g/mol. The smallest absolute Gasteiger partial charge is 0.313 e. The van der Waals surface area contributed by atoms with Crippen LogP contribution in [0.5, 0.6) is 0 Å². The summed E-state index contributed by atoms with van der Waals surface area (Å²) < 4.78 is 17.8. The Hall–Kier alpha value is -0.930. The van der Waals surface area contributed by atoms with Crippen molar-refractivity contribution in [2.45, 2.75) is 39.3 Å². The van der Waals surface area contributed by atoms with Crippen molar-refractivity contribution in [2.75, 3.05) is 6.61 Å². The quantitative estimate of drug-likeness (QED) is 0.489. The van der Waals surface area contributed by atoms with Crippen LogP contribution in [-0.4, -0.2) is 24.0 Å². The van der Waals surface area contributed by atoms with Gasteiger partial charge in [-0.25, -0.2) is 4.39 Å². The molecular weight excluding hydrogens is 175 g/mol. The molecule has 0 aliphatic rings. The second-order valence-corrected chi connectivity index (χ2v) is 2.96. The van der Waals surface area contributed by atoms with E-state index in [1.54, 1.807) is 13.8 Å².